The Morgan fingerprint density at radius 1 is 1.20 bits per heavy atom. The molecule has 3 heteroatoms. The molecule has 0 aliphatic rings. The van der Waals surface area contributed by atoms with Crippen LogP contribution in [-0.4, -0.2) is 5.91 Å². The SMILES string of the molecule is Cc1ccc([C@@H](C)NCc2cccc(C(N)=O)c2)cc1. The molecule has 0 heterocycles. The standard InChI is InChI=1S/C17H20N2O/c1-12-6-8-15(9-7-12)13(2)19-11-14-4-3-5-16(10-14)17(18)20/h3-10,13,19H,11H2,1-2H3,(H2,18,20)/t13-/m1/s1. The van der Waals surface area contributed by atoms with Gasteiger partial charge in [0, 0.05) is 18.2 Å². The monoisotopic (exact) mass is 268 g/mol. The normalized spacial score (nSPS) is 12.1. The van der Waals surface area contributed by atoms with Crippen LogP contribution in [0.3, 0.4) is 0 Å². The molecule has 0 aliphatic heterocycles. The Hall–Kier alpha value is -2.13. The van der Waals surface area contributed by atoms with Gasteiger partial charge in [0.1, 0.15) is 0 Å². The smallest absolute Gasteiger partial charge is 0.248 e. The van der Waals surface area contributed by atoms with Crippen molar-refractivity contribution >= 4 is 5.91 Å². The summed E-state index contributed by atoms with van der Waals surface area (Å²) in [7, 11) is 0. The zero-order valence-electron chi connectivity index (χ0n) is 11.9. The summed E-state index contributed by atoms with van der Waals surface area (Å²) in [4.78, 5) is 11.1. The van der Waals surface area contributed by atoms with Crippen molar-refractivity contribution in [2.24, 2.45) is 5.73 Å². The molecule has 3 N–H and O–H groups in total. The van der Waals surface area contributed by atoms with Gasteiger partial charge in [0.05, 0.1) is 0 Å². The number of rotatable bonds is 5. The van der Waals surface area contributed by atoms with E-state index in [-0.39, 0.29) is 6.04 Å². The molecule has 0 fully saturated rings. The minimum absolute atomic E-state index is 0.257. The molecule has 3 nitrogen and oxygen atoms in total. The molecule has 104 valence electrons. The zero-order chi connectivity index (χ0) is 14.5. The Morgan fingerprint density at radius 2 is 1.90 bits per heavy atom. The number of nitrogens with one attached hydrogen (secondary N) is 1. The molecular formula is C17H20N2O. The van der Waals surface area contributed by atoms with Crippen LogP contribution in [0.25, 0.3) is 0 Å². The Morgan fingerprint density at radius 3 is 2.55 bits per heavy atom. The molecule has 0 saturated carbocycles. The van der Waals surface area contributed by atoms with E-state index >= 15 is 0 Å². The first-order chi connectivity index (χ1) is 9.56. The van der Waals surface area contributed by atoms with Crippen molar-refractivity contribution in [1.82, 2.24) is 5.32 Å². The van der Waals surface area contributed by atoms with Crippen LogP contribution >= 0.6 is 0 Å². The lowest BCUT2D eigenvalue weighted by atomic mass is 10.1. The van der Waals surface area contributed by atoms with Gasteiger partial charge >= 0.3 is 0 Å². The third-order valence-corrected chi connectivity index (χ3v) is 3.40. The van der Waals surface area contributed by atoms with Crippen molar-refractivity contribution in [1.29, 1.82) is 0 Å². The Kier molecular flexibility index (Phi) is 4.53. The lowest BCUT2D eigenvalue weighted by Gasteiger charge is -2.15. The van der Waals surface area contributed by atoms with Gasteiger partial charge < -0.3 is 11.1 Å². The van der Waals surface area contributed by atoms with Crippen molar-refractivity contribution in [3.05, 3.63) is 70.8 Å². The highest BCUT2D eigenvalue weighted by Crippen LogP contribution is 2.14. The first-order valence-electron chi connectivity index (χ1n) is 6.75. The van der Waals surface area contributed by atoms with Gasteiger partial charge in [0.25, 0.3) is 0 Å². The molecule has 1 atom stereocenters. The number of hydrogen-bond donors (Lipinski definition) is 2. The fourth-order valence-electron chi connectivity index (χ4n) is 2.08. The van der Waals surface area contributed by atoms with Crippen molar-refractivity contribution in [2.45, 2.75) is 26.4 Å². The molecule has 0 unspecified atom stereocenters. The molecule has 20 heavy (non-hydrogen) atoms. The maximum Gasteiger partial charge on any atom is 0.248 e. The average Bonchev–Trinajstić information content (AvgIpc) is 2.46. The second kappa shape index (κ2) is 6.35. The summed E-state index contributed by atoms with van der Waals surface area (Å²) in [6.45, 7) is 4.91. The quantitative estimate of drug-likeness (QED) is 0.876. The molecule has 0 spiro atoms. The lowest BCUT2D eigenvalue weighted by Crippen LogP contribution is -2.18. The van der Waals surface area contributed by atoms with Crippen molar-refractivity contribution in [3.8, 4) is 0 Å². The van der Waals surface area contributed by atoms with Crippen molar-refractivity contribution in [3.63, 3.8) is 0 Å². The fourth-order valence-corrected chi connectivity index (χ4v) is 2.08. The molecule has 2 rings (SSSR count). The first-order valence-corrected chi connectivity index (χ1v) is 6.75. The Labute approximate surface area is 119 Å². The number of aryl methyl sites for hydroxylation is 1. The molecule has 0 aliphatic carbocycles. The number of primary amides is 1. The Bertz CT molecular complexity index is 590. The third-order valence-electron chi connectivity index (χ3n) is 3.40. The minimum Gasteiger partial charge on any atom is -0.366 e. The molecule has 0 aromatic heterocycles. The molecule has 0 radical (unpaired) electrons. The summed E-state index contributed by atoms with van der Waals surface area (Å²) in [6, 6.07) is 16.1. The first kappa shape index (κ1) is 14.3. The van der Waals surface area contributed by atoms with E-state index in [1.54, 1.807) is 6.07 Å². The van der Waals surface area contributed by atoms with Crippen LogP contribution in [0.5, 0.6) is 0 Å². The van der Waals surface area contributed by atoms with Crippen LogP contribution in [0.15, 0.2) is 48.5 Å². The topological polar surface area (TPSA) is 55.1 Å². The molecule has 2 aromatic rings. The average molecular weight is 268 g/mol. The lowest BCUT2D eigenvalue weighted by molar-refractivity contribution is 0.1000. The zero-order valence-corrected chi connectivity index (χ0v) is 11.9. The predicted octanol–water partition coefficient (Wildman–Crippen LogP) is 2.94. The maximum absolute atomic E-state index is 11.1. The van der Waals surface area contributed by atoms with E-state index in [9.17, 15) is 4.79 Å². The van der Waals surface area contributed by atoms with Crippen LogP contribution in [0, 0.1) is 6.92 Å². The summed E-state index contributed by atoms with van der Waals surface area (Å²) in [6.07, 6.45) is 0. The molecule has 0 bridgehead atoms. The maximum atomic E-state index is 11.1. The van der Waals surface area contributed by atoms with E-state index in [0.717, 1.165) is 5.56 Å². The number of benzene rings is 2. The van der Waals surface area contributed by atoms with E-state index in [0.29, 0.717) is 12.1 Å². The summed E-state index contributed by atoms with van der Waals surface area (Å²) in [5.74, 6) is -0.390. The van der Waals surface area contributed by atoms with Crippen LogP contribution in [0.2, 0.25) is 0 Å². The summed E-state index contributed by atoms with van der Waals surface area (Å²) in [5.41, 5.74) is 9.40. The molecule has 2 aromatic carbocycles. The number of carbonyl (C=O) groups excluding carboxylic acids is 1. The second-order valence-electron chi connectivity index (χ2n) is 5.08. The van der Waals surface area contributed by atoms with E-state index in [1.165, 1.54) is 11.1 Å². The van der Waals surface area contributed by atoms with Crippen molar-refractivity contribution in [2.75, 3.05) is 0 Å². The van der Waals surface area contributed by atoms with Gasteiger partial charge in [-0.05, 0) is 37.1 Å². The van der Waals surface area contributed by atoms with E-state index in [1.807, 2.05) is 18.2 Å². The van der Waals surface area contributed by atoms with Crippen LogP contribution in [0.4, 0.5) is 0 Å². The number of amides is 1. The summed E-state index contributed by atoms with van der Waals surface area (Å²) < 4.78 is 0. The summed E-state index contributed by atoms with van der Waals surface area (Å²) in [5, 5.41) is 3.45. The van der Waals surface area contributed by atoms with E-state index in [2.05, 4.69) is 43.4 Å². The number of carbonyl (C=O) groups is 1. The van der Waals surface area contributed by atoms with Crippen LogP contribution < -0.4 is 11.1 Å². The highest BCUT2D eigenvalue weighted by molar-refractivity contribution is 5.92. The van der Waals surface area contributed by atoms with Gasteiger partial charge in [0.2, 0.25) is 5.91 Å². The Balaban J connectivity index is 1.99. The molecule has 0 saturated heterocycles. The van der Waals surface area contributed by atoms with Gasteiger partial charge in [-0.15, -0.1) is 0 Å². The van der Waals surface area contributed by atoms with E-state index < -0.39 is 5.91 Å². The van der Waals surface area contributed by atoms with Gasteiger partial charge in [-0.3, -0.25) is 4.79 Å². The molecule has 1 amide bonds. The minimum atomic E-state index is -0.390. The third kappa shape index (κ3) is 3.68. The van der Waals surface area contributed by atoms with E-state index in [4.69, 9.17) is 5.73 Å². The van der Waals surface area contributed by atoms with Crippen LogP contribution in [-0.2, 0) is 6.54 Å². The highest BCUT2D eigenvalue weighted by atomic mass is 16.1. The van der Waals surface area contributed by atoms with Crippen molar-refractivity contribution < 1.29 is 4.79 Å². The number of hydrogen-bond acceptors (Lipinski definition) is 2. The van der Waals surface area contributed by atoms with Gasteiger partial charge in [-0.1, -0.05) is 42.0 Å². The predicted molar refractivity (Wildman–Crippen MR) is 81.4 cm³/mol. The van der Waals surface area contributed by atoms with Gasteiger partial charge in [-0.25, -0.2) is 0 Å². The largest absolute Gasteiger partial charge is 0.366 e. The number of nitrogens with two attached hydrogens (primary N) is 1. The van der Waals surface area contributed by atoms with Crippen LogP contribution in [0.1, 0.15) is 40.0 Å². The van der Waals surface area contributed by atoms with Gasteiger partial charge in [0.15, 0.2) is 0 Å². The second-order valence-corrected chi connectivity index (χ2v) is 5.08. The highest BCUT2D eigenvalue weighted by Gasteiger charge is 2.06. The molecular weight excluding hydrogens is 248 g/mol. The fraction of sp³-hybridized carbons (Fsp3) is 0.235. The summed E-state index contributed by atoms with van der Waals surface area (Å²) >= 11 is 0. The van der Waals surface area contributed by atoms with Gasteiger partial charge in [-0.2, -0.15) is 0 Å².